The molecule has 3 heterocycles. The maximum Gasteiger partial charge on any atom is 0.160 e. The third kappa shape index (κ3) is 4.93. The lowest BCUT2D eigenvalue weighted by molar-refractivity contribution is 0.662. The second kappa shape index (κ2) is 12.7. The highest BCUT2D eigenvalue weighted by Gasteiger charge is 2.38. The van der Waals surface area contributed by atoms with Gasteiger partial charge in [0, 0.05) is 49.5 Å². The van der Waals surface area contributed by atoms with E-state index in [4.69, 9.17) is 9.97 Å². The number of allylic oxidation sites excluding steroid dienone is 1. The molecule has 0 spiro atoms. The molecule has 0 fully saturated rings. The molecule has 4 heteroatoms. The monoisotopic (exact) mass is 780 g/mol. The topological polar surface area (TPSA) is 35.6 Å². The maximum atomic E-state index is 5.45. The third-order valence-electron chi connectivity index (χ3n) is 13.6. The lowest BCUT2D eigenvalue weighted by Crippen LogP contribution is -2.16. The second-order valence-corrected chi connectivity index (χ2v) is 17.3. The lowest BCUT2D eigenvalue weighted by Gasteiger charge is -2.24. The van der Waals surface area contributed by atoms with Crippen LogP contribution in [0.4, 0.5) is 0 Å². The van der Waals surface area contributed by atoms with Gasteiger partial charge in [-0.25, -0.2) is 9.97 Å². The number of hydrogen-bond donors (Lipinski definition) is 0. The van der Waals surface area contributed by atoms with Crippen LogP contribution in [0, 0.1) is 0 Å². The Hall–Kier alpha value is -7.56. The summed E-state index contributed by atoms with van der Waals surface area (Å²) < 4.78 is 4.97. The number of aryl methyl sites for hydroxylation is 1. The number of fused-ring (bicyclic) bond motifs is 11. The molecule has 0 atom stereocenters. The van der Waals surface area contributed by atoms with E-state index in [1.165, 1.54) is 88.3 Å². The molecule has 0 saturated carbocycles. The Morgan fingerprint density at radius 3 is 1.92 bits per heavy atom. The molecule has 3 aromatic heterocycles. The van der Waals surface area contributed by atoms with Gasteiger partial charge in [-0.15, -0.1) is 0 Å². The molecule has 11 aromatic rings. The van der Waals surface area contributed by atoms with Crippen molar-refractivity contribution >= 4 is 66.2 Å². The van der Waals surface area contributed by atoms with Gasteiger partial charge in [0.2, 0.25) is 0 Å². The number of aromatic nitrogens is 4. The van der Waals surface area contributed by atoms with Crippen LogP contribution in [0.25, 0.3) is 106 Å². The van der Waals surface area contributed by atoms with Crippen molar-refractivity contribution in [3.8, 4) is 39.5 Å². The van der Waals surface area contributed by atoms with Gasteiger partial charge >= 0.3 is 0 Å². The molecule has 4 nitrogen and oxygen atoms in total. The summed E-state index contributed by atoms with van der Waals surface area (Å²) in [4.78, 5) is 10.7. The zero-order chi connectivity index (χ0) is 40.4. The zero-order valence-electron chi connectivity index (χ0n) is 34.0. The first-order valence-electron chi connectivity index (χ1n) is 21.4. The summed E-state index contributed by atoms with van der Waals surface area (Å²) in [7, 11) is 0. The van der Waals surface area contributed by atoms with Crippen LogP contribution in [-0.2, 0) is 11.8 Å². The Bertz CT molecular complexity index is 3620. The Morgan fingerprint density at radius 2 is 1.13 bits per heavy atom. The molecule has 288 valence electrons. The average Bonchev–Trinajstić information content (AvgIpc) is 3.90. The summed E-state index contributed by atoms with van der Waals surface area (Å²) in [6.07, 6.45) is 4.36. The molecule has 0 radical (unpaired) electrons. The fourth-order valence-electron chi connectivity index (χ4n) is 10.9. The van der Waals surface area contributed by atoms with Crippen molar-refractivity contribution in [1.29, 1.82) is 0 Å². The summed E-state index contributed by atoms with van der Waals surface area (Å²) >= 11 is 0. The van der Waals surface area contributed by atoms with Crippen LogP contribution in [0.3, 0.4) is 0 Å². The highest BCUT2D eigenvalue weighted by molar-refractivity contribution is 6.11. The van der Waals surface area contributed by atoms with E-state index in [2.05, 4.69) is 205 Å². The van der Waals surface area contributed by atoms with Crippen LogP contribution in [0.5, 0.6) is 0 Å². The Morgan fingerprint density at radius 1 is 0.492 bits per heavy atom. The molecule has 2 aliphatic carbocycles. The van der Waals surface area contributed by atoms with Gasteiger partial charge in [0.05, 0.1) is 33.5 Å². The van der Waals surface area contributed by atoms with Gasteiger partial charge in [0.15, 0.2) is 5.82 Å². The summed E-state index contributed by atoms with van der Waals surface area (Å²) in [5.74, 6) is 0.727. The van der Waals surface area contributed by atoms with Gasteiger partial charge in [-0.05, 0) is 112 Å². The number of nitrogens with zero attached hydrogens (tertiary/aromatic N) is 4. The smallest absolute Gasteiger partial charge is 0.160 e. The van der Waals surface area contributed by atoms with Crippen LogP contribution < -0.4 is 0 Å². The molecule has 0 amide bonds. The molecular formula is C57H40N4. The van der Waals surface area contributed by atoms with Crippen LogP contribution in [-0.4, -0.2) is 19.1 Å². The highest BCUT2D eigenvalue weighted by Crippen LogP contribution is 2.52. The summed E-state index contributed by atoms with van der Waals surface area (Å²) in [5, 5.41) is 7.46. The van der Waals surface area contributed by atoms with E-state index in [1.54, 1.807) is 0 Å². The molecule has 0 N–H and O–H groups in total. The van der Waals surface area contributed by atoms with Gasteiger partial charge in [-0.1, -0.05) is 135 Å². The SMILES string of the molecule is CC1(C)c2ccccc2-c2cccc(-c3nc(-c4ccc(-n5c6c(c7cc8ccccc8cc75)CCC(n5c7ccccc7c7ccccc75)=C6)cc4)nc4ccccc34)c21. The van der Waals surface area contributed by atoms with Crippen molar-refractivity contribution in [2.24, 2.45) is 0 Å². The second-order valence-electron chi connectivity index (χ2n) is 17.3. The normalized spacial score (nSPS) is 14.2. The molecule has 61 heavy (non-hydrogen) atoms. The van der Waals surface area contributed by atoms with E-state index < -0.39 is 0 Å². The number of para-hydroxylation sites is 3. The fourth-order valence-corrected chi connectivity index (χ4v) is 10.9. The van der Waals surface area contributed by atoms with Crippen molar-refractivity contribution in [3.05, 3.63) is 198 Å². The molecule has 0 saturated heterocycles. The zero-order valence-corrected chi connectivity index (χ0v) is 34.0. The standard InChI is InChI=1S/C57H40N4/c1-57(2)48-22-9-5-16-40(48)44-20-13-21-46(54(44)57)55-45-19-6-10-23-49(45)58-56(59-55)35-26-28-38(29-27-35)60-52-33-37-15-4-3-14-36(37)32-47(52)43-31-30-39(34-53(43)60)61-50-24-11-7-17-41(50)42-18-8-12-25-51(42)61/h3-29,32-34H,30-31H2,1-2H3. The third-order valence-corrected chi connectivity index (χ3v) is 13.6. The van der Waals surface area contributed by atoms with E-state index >= 15 is 0 Å². The molecule has 13 rings (SSSR count). The first-order chi connectivity index (χ1) is 30.0. The fraction of sp³-hybridized carbons (Fsp3) is 0.0877. The van der Waals surface area contributed by atoms with Gasteiger partial charge in [-0.3, -0.25) is 0 Å². The van der Waals surface area contributed by atoms with Gasteiger partial charge < -0.3 is 9.13 Å². The maximum absolute atomic E-state index is 5.45. The van der Waals surface area contributed by atoms with Crippen molar-refractivity contribution < 1.29 is 0 Å². The van der Waals surface area contributed by atoms with E-state index in [0.29, 0.717) is 0 Å². The summed E-state index contributed by atoms with van der Waals surface area (Å²) in [5.41, 5.74) is 18.0. The molecule has 0 bridgehead atoms. The van der Waals surface area contributed by atoms with Crippen molar-refractivity contribution in [2.45, 2.75) is 32.1 Å². The Labute approximate surface area is 353 Å². The molecular weight excluding hydrogens is 741 g/mol. The number of rotatable bonds is 4. The number of hydrogen-bond acceptors (Lipinski definition) is 2. The highest BCUT2D eigenvalue weighted by atomic mass is 15.0. The van der Waals surface area contributed by atoms with Crippen molar-refractivity contribution in [3.63, 3.8) is 0 Å². The van der Waals surface area contributed by atoms with Crippen LogP contribution >= 0.6 is 0 Å². The first-order valence-corrected chi connectivity index (χ1v) is 21.4. The lowest BCUT2D eigenvalue weighted by atomic mass is 9.79. The Balaban J connectivity index is 0.985. The first kappa shape index (κ1) is 34.3. The van der Waals surface area contributed by atoms with Crippen LogP contribution in [0.2, 0.25) is 0 Å². The molecule has 0 aliphatic heterocycles. The largest absolute Gasteiger partial charge is 0.313 e. The Kier molecular flexibility index (Phi) is 7.16. The van der Waals surface area contributed by atoms with Crippen LogP contribution in [0.1, 0.15) is 42.7 Å². The minimum absolute atomic E-state index is 0.170. The van der Waals surface area contributed by atoms with E-state index in [9.17, 15) is 0 Å². The van der Waals surface area contributed by atoms with E-state index in [0.717, 1.165) is 46.5 Å². The summed E-state index contributed by atoms with van der Waals surface area (Å²) in [6, 6.07) is 64.1. The molecule has 8 aromatic carbocycles. The van der Waals surface area contributed by atoms with Gasteiger partial charge in [0.25, 0.3) is 0 Å². The van der Waals surface area contributed by atoms with Crippen molar-refractivity contribution in [2.75, 3.05) is 0 Å². The quantitative estimate of drug-likeness (QED) is 0.178. The molecule has 2 aliphatic rings. The summed E-state index contributed by atoms with van der Waals surface area (Å²) in [6.45, 7) is 4.69. The van der Waals surface area contributed by atoms with Crippen molar-refractivity contribution in [1.82, 2.24) is 19.1 Å². The van der Waals surface area contributed by atoms with Gasteiger partial charge in [0.1, 0.15) is 0 Å². The minimum Gasteiger partial charge on any atom is -0.313 e. The minimum atomic E-state index is -0.170. The molecule has 0 unspecified atom stereocenters. The van der Waals surface area contributed by atoms with Crippen LogP contribution in [0.15, 0.2) is 176 Å². The van der Waals surface area contributed by atoms with E-state index in [1.807, 2.05) is 0 Å². The number of benzene rings is 8. The predicted molar refractivity (Wildman–Crippen MR) is 254 cm³/mol. The van der Waals surface area contributed by atoms with Gasteiger partial charge in [-0.2, -0.15) is 0 Å². The van der Waals surface area contributed by atoms with E-state index in [-0.39, 0.29) is 5.41 Å². The average molecular weight is 781 g/mol. The predicted octanol–water partition coefficient (Wildman–Crippen LogP) is 14.4.